The van der Waals surface area contributed by atoms with Gasteiger partial charge >= 0.3 is 0 Å². The van der Waals surface area contributed by atoms with E-state index in [1.54, 1.807) is 6.92 Å². The molecule has 1 saturated heterocycles. The van der Waals surface area contributed by atoms with Crippen molar-refractivity contribution in [3.8, 4) is 5.75 Å². The summed E-state index contributed by atoms with van der Waals surface area (Å²) in [5, 5.41) is 2.75. The highest BCUT2D eigenvalue weighted by atomic mass is 32.2. The largest absolute Gasteiger partial charge is 0.493 e. The fourth-order valence-electron chi connectivity index (χ4n) is 3.09. The lowest BCUT2D eigenvalue weighted by Crippen LogP contribution is -2.40. The third kappa shape index (κ3) is 7.22. The van der Waals surface area contributed by atoms with Crippen LogP contribution in [0.3, 0.4) is 0 Å². The highest BCUT2D eigenvalue weighted by Gasteiger charge is 2.27. The molecule has 0 unspecified atom stereocenters. The first-order valence-electron chi connectivity index (χ1n) is 10.1. The molecule has 0 aromatic heterocycles. The molecule has 0 aliphatic carbocycles. The highest BCUT2D eigenvalue weighted by Crippen LogP contribution is 2.21. The molecule has 1 N–H and O–H groups in total. The van der Waals surface area contributed by atoms with Gasteiger partial charge in [-0.1, -0.05) is 6.92 Å². The Morgan fingerprint density at radius 2 is 1.73 bits per heavy atom. The van der Waals surface area contributed by atoms with Gasteiger partial charge in [0.2, 0.25) is 15.9 Å². The molecule has 0 spiro atoms. The number of carbonyl (C=O) groups excluding carboxylic acids is 1. The van der Waals surface area contributed by atoms with E-state index in [0.29, 0.717) is 44.9 Å². The van der Waals surface area contributed by atoms with Crippen LogP contribution in [0.5, 0.6) is 5.75 Å². The van der Waals surface area contributed by atoms with Gasteiger partial charge in [-0.25, -0.2) is 16.8 Å². The first-order valence-corrected chi connectivity index (χ1v) is 13.4. The zero-order valence-corrected chi connectivity index (χ0v) is 19.2. The van der Waals surface area contributed by atoms with Crippen LogP contribution in [0.15, 0.2) is 29.2 Å². The van der Waals surface area contributed by atoms with E-state index >= 15 is 0 Å². The van der Waals surface area contributed by atoms with E-state index < -0.39 is 19.9 Å². The van der Waals surface area contributed by atoms with Crippen molar-refractivity contribution in [2.45, 2.75) is 25.2 Å². The fraction of sp³-hybridized carbons (Fsp3) is 0.632. The maximum Gasteiger partial charge on any atom is 0.243 e. The van der Waals surface area contributed by atoms with Crippen molar-refractivity contribution < 1.29 is 26.4 Å². The summed E-state index contributed by atoms with van der Waals surface area (Å²) < 4.78 is 55.8. The molecule has 1 aliphatic heterocycles. The lowest BCUT2D eigenvalue weighted by atomic mass is 10.3. The summed E-state index contributed by atoms with van der Waals surface area (Å²) in [4.78, 5) is 13.9. The molecular weight excluding hydrogens is 430 g/mol. The number of nitrogens with zero attached hydrogens (tertiary/aromatic N) is 2. The molecular formula is C19H31N3O6S2. The molecule has 1 aromatic carbocycles. The summed E-state index contributed by atoms with van der Waals surface area (Å²) in [5.41, 5.74) is 0. The summed E-state index contributed by atoms with van der Waals surface area (Å²) in [7, 11) is -6.77. The summed E-state index contributed by atoms with van der Waals surface area (Å²) in [6.07, 6.45) is 0.645. The number of rotatable bonds is 10. The van der Waals surface area contributed by atoms with Crippen molar-refractivity contribution in [2.75, 3.05) is 57.4 Å². The number of sulfone groups is 1. The minimum Gasteiger partial charge on any atom is -0.493 e. The third-order valence-electron chi connectivity index (χ3n) is 4.85. The molecule has 170 valence electrons. The van der Waals surface area contributed by atoms with Crippen LogP contribution in [0, 0.1) is 0 Å². The van der Waals surface area contributed by atoms with E-state index in [0.717, 1.165) is 0 Å². The Hall–Kier alpha value is -1.69. The topological polar surface area (TPSA) is 113 Å². The van der Waals surface area contributed by atoms with Gasteiger partial charge in [0.25, 0.3) is 0 Å². The van der Waals surface area contributed by atoms with Gasteiger partial charge in [-0.2, -0.15) is 4.31 Å². The summed E-state index contributed by atoms with van der Waals surface area (Å²) in [6.45, 7) is 6.16. The summed E-state index contributed by atoms with van der Waals surface area (Å²) >= 11 is 0. The Morgan fingerprint density at radius 3 is 2.37 bits per heavy atom. The number of carbonyl (C=O) groups is 1. The average Bonchev–Trinajstić information content (AvgIpc) is 2.94. The molecule has 1 aliphatic rings. The van der Waals surface area contributed by atoms with Gasteiger partial charge in [-0.05, 0) is 44.2 Å². The smallest absolute Gasteiger partial charge is 0.243 e. The Morgan fingerprint density at radius 1 is 1.03 bits per heavy atom. The van der Waals surface area contributed by atoms with Crippen LogP contribution in [0.1, 0.15) is 20.3 Å². The van der Waals surface area contributed by atoms with Gasteiger partial charge in [0, 0.05) is 31.9 Å². The van der Waals surface area contributed by atoms with Gasteiger partial charge in [-0.3, -0.25) is 9.69 Å². The normalized spacial score (nSPS) is 16.7. The molecule has 1 amide bonds. The lowest BCUT2D eigenvalue weighted by Gasteiger charge is -2.21. The second-order valence-electron chi connectivity index (χ2n) is 7.04. The second-order valence-corrected chi connectivity index (χ2v) is 11.5. The fourth-order valence-corrected chi connectivity index (χ4v) is 5.19. The van der Waals surface area contributed by atoms with Crippen molar-refractivity contribution in [1.82, 2.24) is 14.5 Å². The van der Waals surface area contributed by atoms with Crippen molar-refractivity contribution in [1.29, 1.82) is 0 Å². The maximum absolute atomic E-state index is 13.0. The molecule has 30 heavy (non-hydrogen) atoms. The summed E-state index contributed by atoms with van der Waals surface area (Å²) in [6, 6.07) is 6.00. The SMILES string of the molecule is CCNC(=O)CN1CCCN(S(=O)(=O)c2ccc(OCCS(=O)(=O)CC)cc2)CC1. The zero-order chi connectivity index (χ0) is 22.2. The van der Waals surface area contributed by atoms with Crippen LogP contribution in [0.4, 0.5) is 0 Å². The number of sulfonamides is 1. The Labute approximate surface area is 179 Å². The van der Waals surface area contributed by atoms with Crippen LogP contribution in [-0.2, 0) is 24.7 Å². The quantitative estimate of drug-likeness (QED) is 0.534. The van der Waals surface area contributed by atoms with Gasteiger partial charge in [-0.15, -0.1) is 0 Å². The van der Waals surface area contributed by atoms with E-state index in [4.69, 9.17) is 4.74 Å². The van der Waals surface area contributed by atoms with E-state index in [1.807, 2.05) is 11.8 Å². The van der Waals surface area contributed by atoms with E-state index in [9.17, 15) is 21.6 Å². The zero-order valence-electron chi connectivity index (χ0n) is 17.5. The number of ether oxygens (including phenoxy) is 1. The Kier molecular flexibility index (Phi) is 9.08. The van der Waals surface area contributed by atoms with E-state index in [1.165, 1.54) is 28.6 Å². The predicted molar refractivity (Wildman–Crippen MR) is 115 cm³/mol. The Balaban J connectivity index is 1.95. The van der Waals surface area contributed by atoms with Crippen molar-refractivity contribution in [3.63, 3.8) is 0 Å². The minimum absolute atomic E-state index is 0.0236. The van der Waals surface area contributed by atoms with Crippen molar-refractivity contribution in [2.24, 2.45) is 0 Å². The van der Waals surface area contributed by atoms with E-state index in [2.05, 4.69) is 5.32 Å². The maximum atomic E-state index is 13.0. The van der Waals surface area contributed by atoms with Crippen LogP contribution in [-0.4, -0.2) is 89.3 Å². The van der Waals surface area contributed by atoms with Gasteiger partial charge < -0.3 is 10.1 Å². The van der Waals surface area contributed by atoms with Crippen molar-refractivity contribution >= 4 is 25.8 Å². The monoisotopic (exact) mass is 461 g/mol. The van der Waals surface area contributed by atoms with Gasteiger partial charge in [0.15, 0.2) is 9.84 Å². The molecule has 1 heterocycles. The first-order chi connectivity index (χ1) is 14.2. The first kappa shape index (κ1) is 24.6. The van der Waals surface area contributed by atoms with Gasteiger partial charge in [0.1, 0.15) is 12.4 Å². The van der Waals surface area contributed by atoms with Crippen LogP contribution < -0.4 is 10.1 Å². The van der Waals surface area contributed by atoms with Gasteiger partial charge in [0.05, 0.1) is 17.2 Å². The molecule has 0 atom stereocenters. The summed E-state index contributed by atoms with van der Waals surface area (Å²) in [5.74, 6) is 0.342. The van der Waals surface area contributed by atoms with E-state index in [-0.39, 0.29) is 35.5 Å². The number of amides is 1. The molecule has 2 rings (SSSR count). The van der Waals surface area contributed by atoms with Crippen LogP contribution in [0.25, 0.3) is 0 Å². The molecule has 11 heteroatoms. The molecule has 1 fully saturated rings. The number of hydrogen-bond donors (Lipinski definition) is 1. The Bertz CT molecular complexity index is 901. The highest BCUT2D eigenvalue weighted by molar-refractivity contribution is 7.91. The molecule has 1 aromatic rings. The number of likely N-dealkylation sites (N-methyl/N-ethyl adjacent to an activating group) is 1. The number of hydrogen-bond acceptors (Lipinski definition) is 7. The molecule has 0 bridgehead atoms. The second kappa shape index (κ2) is 11.1. The number of benzene rings is 1. The van der Waals surface area contributed by atoms with Crippen molar-refractivity contribution in [3.05, 3.63) is 24.3 Å². The third-order valence-corrected chi connectivity index (χ3v) is 8.43. The molecule has 0 saturated carbocycles. The molecule has 9 nitrogen and oxygen atoms in total. The predicted octanol–water partition coefficient (Wildman–Crippen LogP) is 0.333. The standard InChI is InChI=1S/C19H31N3O6S2/c1-3-20-19(23)16-21-10-5-11-22(13-12-21)30(26,27)18-8-6-17(7-9-18)28-14-15-29(24,25)4-2/h6-9H,3-5,10-16H2,1-2H3,(H,20,23). The lowest BCUT2D eigenvalue weighted by molar-refractivity contribution is -0.122. The number of nitrogens with one attached hydrogen (secondary N) is 1. The van der Waals surface area contributed by atoms with Crippen LogP contribution >= 0.6 is 0 Å². The minimum atomic E-state index is -3.66. The van der Waals surface area contributed by atoms with Crippen LogP contribution in [0.2, 0.25) is 0 Å². The average molecular weight is 462 g/mol. The molecule has 0 radical (unpaired) electrons.